The van der Waals surface area contributed by atoms with Crippen molar-refractivity contribution in [2.24, 2.45) is 0 Å². The molecule has 0 unspecified atom stereocenters. The molecule has 3 heterocycles. The number of aryl methyl sites for hydroxylation is 1. The number of amides is 4. The van der Waals surface area contributed by atoms with Gasteiger partial charge in [0.1, 0.15) is 5.57 Å². The van der Waals surface area contributed by atoms with Crippen LogP contribution in [0.5, 0.6) is 0 Å². The maximum Gasteiger partial charge on any atom is 0.338 e. The normalized spacial score (nSPS) is 15.6. The molecule has 2 aromatic heterocycles. The summed E-state index contributed by atoms with van der Waals surface area (Å²) in [6, 6.07) is 13.6. The average molecular weight is 444 g/mol. The lowest BCUT2D eigenvalue weighted by Gasteiger charge is -2.33. The second-order valence-electron chi connectivity index (χ2n) is 7.63. The van der Waals surface area contributed by atoms with E-state index in [0.29, 0.717) is 5.69 Å². The number of urea groups is 1. The fourth-order valence-electron chi connectivity index (χ4n) is 3.94. The molecule has 0 atom stereocenters. The number of methoxy groups -OCH3 is 1. The van der Waals surface area contributed by atoms with Crippen LogP contribution in [-0.4, -0.2) is 52.6 Å². The molecule has 0 N–H and O–H groups in total. The Morgan fingerprint density at radius 3 is 2.30 bits per heavy atom. The van der Waals surface area contributed by atoms with E-state index in [-0.39, 0.29) is 18.7 Å². The zero-order valence-electron chi connectivity index (χ0n) is 18.7. The molecule has 0 saturated carbocycles. The van der Waals surface area contributed by atoms with Crippen molar-refractivity contribution in [1.82, 2.24) is 14.5 Å². The maximum atomic E-state index is 13.4. The molecule has 0 radical (unpaired) electrons. The van der Waals surface area contributed by atoms with Gasteiger partial charge >= 0.3 is 6.03 Å². The van der Waals surface area contributed by atoms with Crippen LogP contribution in [0.4, 0.5) is 10.5 Å². The van der Waals surface area contributed by atoms with Gasteiger partial charge in [0.2, 0.25) is 0 Å². The summed E-state index contributed by atoms with van der Waals surface area (Å²) in [5.74, 6) is -1.29. The SMILES string of the molecule is COCCN1C(=O)C(=Cc2cc(C)n(-c3ccncc3)c2C)C(=O)N(c2ccccc2)C1=O. The van der Waals surface area contributed by atoms with E-state index in [1.165, 1.54) is 7.11 Å². The lowest BCUT2D eigenvalue weighted by molar-refractivity contribution is -0.129. The quantitative estimate of drug-likeness (QED) is 0.429. The van der Waals surface area contributed by atoms with Gasteiger partial charge in [-0.2, -0.15) is 0 Å². The molecule has 3 aromatic rings. The topological polar surface area (TPSA) is 84.7 Å². The first-order chi connectivity index (χ1) is 15.9. The van der Waals surface area contributed by atoms with Crippen LogP contribution in [0.1, 0.15) is 17.0 Å². The van der Waals surface area contributed by atoms with E-state index in [1.807, 2.05) is 36.6 Å². The second-order valence-corrected chi connectivity index (χ2v) is 7.63. The van der Waals surface area contributed by atoms with Gasteiger partial charge in [0, 0.05) is 36.6 Å². The maximum absolute atomic E-state index is 13.4. The number of ether oxygens (including phenoxy) is 1. The summed E-state index contributed by atoms with van der Waals surface area (Å²) in [7, 11) is 1.49. The number of rotatable bonds is 6. The number of hydrogen-bond donors (Lipinski definition) is 0. The van der Waals surface area contributed by atoms with Gasteiger partial charge < -0.3 is 9.30 Å². The highest BCUT2D eigenvalue weighted by Crippen LogP contribution is 2.28. The number of aromatic nitrogens is 2. The van der Waals surface area contributed by atoms with Crippen molar-refractivity contribution in [3.8, 4) is 5.69 Å². The molecule has 1 saturated heterocycles. The number of benzene rings is 1. The average Bonchev–Trinajstić information content (AvgIpc) is 3.10. The summed E-state index contributed by atoms with van der Waals surface area (Å²) in [5, 5.41) is 0. The van der Waals surface area contributed by atoms with Crippen LogP contribution in [0.3, 0.4) is 0 Å². The Morgan fingerprint density at radius 2 is 1.64 bits per heavy atom. The van der Waals surface area contributed by atoms with Gasteiger partial charge in [-0.25, -0.2) is 9.69 Å². The number of para-hydroxylation sites is 1. The number of carbonyl (C=O) groups excluding carboxylic acids is 3. The van der Waals surface area contributed by atoms with Crippen molar-refractivity contribution in [3.05, 3.63) is 83.4 Å². The lowest BCUT2D eigenvalue weighted by Crippen LogP contribution is -2.57. The van der Waals surface area contributed by atoms with Gasteiger partial charge in [-0.3, -0.25) is 19.5 Å². The highest BCUT2D eigenvalue weighted by molar-refractivity contribution is 6.39. The molecule has 4 amide bonds. The van der Waals surface area contributed by atoms with Gasteiger partial charge in [-0.15, -0.1) is 0 Å². The summed E-state index contributed by atoms with van der Waals surface area (Å²) < 4.78 is 7.09. The third-order valence-electron chi connectivity index (χ3n) is 5.56. The van der Waals surface area contributed by atoms with Crippen LogP contribution in [0.15, 0.2) is 66.5 Å². The van der Waals surface area contributed by atoms with Crippen molar-refractivity contribution in [3.63, 3.8) is 0 Å². The number of pyridine rings is 1. The van der Waals surface area contributed by atoms with Crippen LogP contribution in [-0.2, 0) is 14.3 Å². The molecular formula is C25H24N4O4. The molecule has 8 nitrogen and oxygen atoms in total. The van der Waals surface area contributed by atoms with Crippen molar-refractivity contribution in [2.45, 2.75) is 13.8 Å². The fourth-order valence-corrected chi connectivity index (χ4v) is 3.94. The minimum atomic E-state index is -0.687. The molecule has 0 bridgehead atoms. The summed E-state index contributed by atoms with van der Waals surface area (Å²) in [5.41, 5.74) is 3.76. The molecule has 1 fully saturated rings. The Bertz CT molecular complexity index is 1230. The van der Waals surface area contributed by atoms with Crippen molar-refractivity contribution >= 4 is 29.6 Å². The summed E-state index contributed by atoms with van der Waals surface area (Å²) in [6.07, 6.45) is 4.97. The van der Waals surface area contributed by atoms with E-state index in [4.69, 9.17) is 4.74 Å². The van der Waals surface area contributed by atoms with Gasteiger partial charge in [-0.05, 0) is 55.8 Å². The first-order valence-corrected chi connectivity index (χ1v) is 10.5. The molecule has 0 aliphatic carbocycles. The Hall–Kier alpha value is -4.04. The predicted molar refractivity (Wildman–Crippen MR) is 124 cm³/mol. The van der Waals surface area contributed by atoms with Crippen LogP contribution in [0.25, 0.3) is 11.8 Å². The van der Waals surface area contributed by atoms with Crippen LogP contribution in [0.2, 0.25) is 0 Å². The van der Waals surface area contributed by atoms with Crippen LogP contribution >= 0.6 is 0 Å². The number of nitrogens with zero attached hydrogens (tertiary/aromatic N) is 4. The number of imide groups is 2. The van der Waals surface area contributed by atoms with E-state index in [2.05, 4.69) is 4.98 Å². The number of carbonyl (C=O) groups is 3. The van der Waals surface area contributed by atoms with E-state index >= 15 is 0 Å². The van der Waals surface area contributed by atoms with Crippen LogP contribution < -0.4 is 4.90 Å². The molecule has 1 aliphatic rings. The minimum Gasteiger partial charge on any atom is -0.383 e. The third-order valence-corrected chi connectivity index (χ3v) is 5.56. The highest BCUT2D eigenvalue weighted by Gasteiger charge is 2.42. The smallest absolute Gasteiger partial charge is 0.338 e. The largest absolute Gasteiger partial charge is 0.383 e. The van der Waals surface area contributed by atoms with Crippen LogP contribution in [0, 0.1) is 13.8 Å². The van der Waals surface area contributed by atoms with Crippen molar-refractivity contribution in [1.29, 1.82) is 0 Å². The molecule has 1 aromatic carbocycles. The lowest BCUT2D eigenvalue weighted by atomic mass is 10.1. The number of anilines is 1. The van der Waals surface area contributed by atoms with Gasteiger partial charge in [0.25, 0.3) is 11.8 Å². The van der Waals surface area contributed by atoms with Gasteiger partial charge in [0.05, 0.1) is 18.8 Å². The molecule has 4 rings (SSSR count). The molecule has 0 spiro atoms. The molecule has 168 valence electrons. The predicted octanol–water partition coefficient (Wildman–Crippen LogP) is 3.51. The number of hydrogen-bond acceptors (Lipinski definition) is 5. The summed E-state index contributed by atoms with van der Waals surface area (Å²) in [4.78, 5) is 45.8. The Balaban J connectivity index is 1.81. The molecule has 8 heteroatoms. The van der Waals surface area contributed by atoms with Gasteiger partial charge in [-0.1, -0.05) is 18.2 Å². The summed E-state index contributed by atoms with van der Waals surface area (Å²) in [6.45, 7) is 4.07. The molecule has 1 aliphatic heterocycles. The third kappa shape index (κ3) is 4.08. The standard InChI is InChI=1S/C25H24N4O4/c1-17-15-19(18(2)28(17)21-9-11-26-12-10-21)16-22-23(30)27(13-14-33-3)25(32)29(24(22)31)20-7-5-4-6-8-20/h4-12,15-16H,13-14H2,1-3H3. The van der Waals surface area contributed by atoms with Crippen molar-refractivity contribution in [2.75, 3.05) is 25.2 Å². The fraction of sp³-hybridized carbons (Fsp3) is 0.200. The van der Waals surface area contributed by atoms with E-state index < -0.39 is 17.8 Å². The first-order valence-electron chi connectivity index (χ1n) is 10.5. The summed E-state index contributed by atoms with van der Waals surface area (Å²) >= 11 is 0. The van der Waals surface area contributed by atoms with E-state index in [9.17, 15) is 14.4 Å². The Morgan fingerprint density at radius 1 is 0.939 bits per heavy atom. The van der Waals surface area contributed by atoms with Crippen molar-refractivity contribution < 1.29 is 19.1 Å². The Labute approximate surface area is 191 Å². The zero-order valence-corrected chi connectivity index (χ0v) is 18.7. The Kier molecular flexibility index (Phi) is 6.19. The number of barbiturate groups is 1. The first kappa shape index (κ1) is 22.2. The highest BCUT2D eigenvalue weighted by atomic mass is 16.5. The van der Waals surface area contributed by atoms with Gasteiger partial charge in [0.15, 0.2) is 0 Å². The molecular weight excluding hydrogens is 420 g/mol. The minimum absolute atomic E-state index is 0.0398. The van der Waals surface area contributed by atoms with E-state index in [1.54, 1.807) is 48.8 Å². The van der Waals surface area contributed by atoms with E-state index in [0.717, 1.165) is 32.4 Å². The monoisotopic (exact) mass is 444 g/mol. The molecule has 33 heavy (non-hydrogen) atoms. The zero-order chi connectivity index (χ0) is 23.5. The second kappa shape index (κ2) is 9.22.